The summed E-state index contributed by atoms with van der Waals surface area (Å²) in [5.74, 6) is -2.39. The highest BCUT2D eigenvalue weighted by Crippen LogP contribution is 2.44. The molecule has 16 heavy (non-hydrogen) atoms. The zero-order chi connectivity index (χ0) is 11.6. The maximum atomic E-state index is 12.2. The summed E-state index contributed by atoms with van der Waals surface area (Å²) in [5.41, 5.74) is 0.825. The van der Waals surface area contributed by atoms with Gasteiger partial charge in [-0.05, 0) is 30.5 Å². The Balaban J connectivity index is 2.21. The first-order valence-corrected chi connectivity index (χ1v) is 6.20. The van der Waals surface area contributed by atoms with Gasteiger partial charge in [0.2, 0.25) is 0 Å². The average molecular weight is 244 g/mol. The van der Waals surface area contributed by atoms with Gasteiger partial charge in [-0.3, -0.25) is 0 Å². The van der Waals surface area contributed by atoms with Crippen LogP contribution in [0.4, 0.5) is 8.78 Å². The van der Waals surface area contributed by atoms with Crippen LogP contribution in [0.5, 0.6) is 0 Å². The van der Waals surface area contributed by atoms with Gasteiger partial charge in [-0.25, -0.2) is 0 Å². The molecule has 1 aliphatic carbocycles. The summed E-state index contributed by atoms with van der Waals surface area (Å²) in [7, 11) is 0. The number of halogens is 2. The molecule has 1 saturated carbocycles. The van der Waals surface area contributed by atoms with Gasteiger partial charge >= 0.3 is 0 Å². The molecule has 0 radical (unpaired) electrons. The topological polar surface area (TPSA) is 20.2 Å². The van der Waals surface area contributed by atoms with Crippen molar-refractivity contribution in [2.45, 2.75) is 35.3 Å². The van der Waals surface area contributed by atoms with Gasteiger partial charge in [0.25, 0.3) is 5.76 Å². The van der Waals surface area contributed by atoms with Crippen LogP contribution in [-0.4, -0.2) is 17.5 Å². The molecule has 88 valence electrons. The third-order valence-corrected chi connectivity index (χ3v) is 3.99. The molecular formula is C12H14F2OS. The number of alkyl halides is 2. The van der Waals surface area contributed by atoms with Crippen LogP contribution in [0.1, 0.15) is 24.8 Å². The fourth-order valence-corrected chi connectivity index (χ4v) is 2.70. The van der Waals surface area contributed by atoms with Crippen molar-refractivity contribution in [3.63, 3.8) is 0 Å². The summed E-state index contributed by atoms with van der Waals surface area (Å²) in [6.45, 7) is 0.107. The molecule has 0 aliphatic heterocycles. The maximum absolute atomic E-state index is 12.2. The van der Waals surface area contributed by atoms with E-state index in [9.17, 15) is 13.9 Å². The lowest BCUT2D eigenvalue weighted by Gasteiger charge is -2.41. The summed E-state index contributed by atoms with van der Waals surface area (Å²) in [5, 5.41) is 9.41. The van der Waals surface area contributed by atoms with Gasteiger partial charge < -0.3 is 5.11 Å². The number of hydrogen-bond acceptors (Lipinski definition) is 2. The van der Waals surface area contributed by atoms with E-state index in [1.54, 1.807) is 18.2 Å². The van der Waals surface area contributed by atoms with Crippen LogP contribution in [-0.2, 0) is 5.41 Å². The van der Waals surface area contributed by atoms with Crippen LogP contribution in [0.2, 0.25) is 0 Å². The van der Waals surface area contributed by atoms with Crippen molar-refractivity contribution in [2.24, 2.45) is 0 Å². The lowest BCUT2D eigenvalue weighted by molar-refractivity contribution is 0.120. The molecule has 1 nitrogen and oxygen atoms in total. The van der Waals surface area contributed by atoms with E-state index in [-0.39, 0.29) is 12.0 Å². The van der Waals surface area contributed by atoms with E-state index in [0.29, 0.717) is 16.7 Å². The molecule has 0 amide bonds. The second-order valence-corrected chi connectivity index (χ2v) is 5.26. The quantitative estimate of drug-likeness (QED) is 0.819. The summed E-state index contributed by atoms with van der Waals surface area (Å²) in [4.78, 5) is 0.576. The summed E-state index contributed by atoms with van der Waals surface area (Å²) < 4.78 is 24.5. The number of hydrogen-bond donors (Lipinski definition) is 1. The predicted molar refractivity (Wildman–Crippen MR) is 60.9 cm³/mol. The minimum absolute atomic E-state index is 0.107. The molecule has 4 heteroatoms. The van der Waals surface area contributed by atoms with Gasteiger partial charge in [-0.2, -0.15) is 8.78 Å². The van der Waals surface area contributed by atoms with Gasteiger partial charge in [0.1, 0.15) is 0 Å². The third kappa shape index (κ3) is 2.23. The molecule has 1 fully saturated rings. The van der Waals surface area contributed by atoms with Crippen LogP contribution >= 0.6 is 11.8 Å². The van der Waals surface area contributed by atoms with Crippen molar-refractivity contribution in [2.75, 3.05) is 6.61 Å². The normalized spacial score (nSPS) is 18.5. The van der Waals surface area contributed by atoms with Crippen molar-refractivity contribution in [1.82, 2.24) is 0 Å². The highest BCUT2D eigenvalue weighted by atomic mass is 32.2. The fraction of sp³-hybridized carbons (Fsp3) is 0.500. The molecule has 0 spiro atoms. The first-order valence-electron chi connectivity index (χ1n) is 5.32. The molecule has 0 saturated heterocycles. The van der Waals surface area contributed by atoms with E-state index in [1.807, 2.05) is 6.07 Å². The molecule has 0 bridgehead atoms. The van der Waals surface area contributed by atoms with Crippen LogP contribution in [0.3, 0.4) is 0 Å². The van der Waals surface area contributed by atoms with Crippen molar-refractivity contribution >= 4 is 11.8 Å². The minimum atomic E-state index is -2.39. The number of thioether (sulfide) groups is 1. The zero-order valence-electron chi connectivity index (χ0n) is 8.83. The van der Waals surface area contributed by atoms with Gasteiger partial charge in [0, 0.05) is 10.3 Å². The molecule has 1 aromatic carbocycles. The van der Waals surface area contributed by atoms with Gasteiger partial charge in [0.15, 0.2) is 0 Å². The van der Waals surface area contributed by atoms with Crippen LogP contribution in [0, 0.1) is 0 Å². The summed E-state index contributed by atoms with van der Waals surface area (Å²) >= 11 is 0.559. The Morgan fingerprint density at radius 3 is 2.62 bits per heavy atom. The van der Waals surface area contributed by atoms with E-state index in [1.165, 1.54) is 0 Å². The average Bonchev–Trinajstić information content (AvgIpc) is 2.16. The highest BCUT2D eigenvalue weighted by Gasteiger charge is 2.38. The van der Waals surface area contributed by atoms with Crippen molar-refractivity contribution < 1.29 is 13.9 Å². The molecule has 1 N–H and O–H groups in total. The van der Waals surface area contributed by atoms with E-state index in [4.69, 9.17) is 0 Å². The van der Waals surface area contributed by atoms with E-state index >= 15 is 0 Å². The molecular weight excluding hydrogens is 230 g/mol. The lowest BCUT2D eigenvalue weighted by atomic mass is 9.65. The number of aliphatic hydroxyl groups excluding tert-OH is 1. The van der Waals surface area contributed by atoms with Crippen LogP contribution in [0.25, 0.3) is 0 Å². The van der Waals surface area contributed by atoms with Crippen molar-refractivity contribution in [3.8, 4) is 0 Å². The standard InChI is InChI=1S/C12H14F2OS/c13-11(14)16-10-4-1-3-9(7-10)12(8-15)5-2-6-12/h1,3-4,7,11,15H,2,5-6,8H2. The minimum Gasteiger partial charge on any atom is -0.395 e. The molecule has 1 aromatic rings. The first kappa shape index (κ1) is 11.9. The zero-order valence-corrected chi connectivity index (χ0v) is 9.64. The van der Waals surface area contributed by atoms with Gasteiger partial charge in [0.05, 0.1) is 6.61 Å². The molecule has 0 heterocycles. The van der Waals surface area contributed by atoms with E-state index < -0.39 is 5.76 Å². The van der Waals surface area contributed by atoms with Crippen LogP contribution in [0.15, 0.2) is 29.2 Å². The Morgan fingerprint density at radius 2 is 2.12 bits per heavy atom. The van der Waals surface area contributed by atoms with Crippen molar-refractivity contribution in [3.05, 3.63) is 29.8 Å². The Bertz CT molecular complexity index is 358. The molecule has 1 aliphatic rings. The van der Waals surface area contributed by atoms with Crippen LogP contribution < -0.4 is 0 Å². The number of rotatable bonds is 4. The molecule has 2 rings (SSSR count). The Morgan fingerprint density at radius 1 is 1.38 bits per heavy atom. The van der Waals surface area contributed by atoms with E-state index in [2.05, 4.69) is 0 Å². The maximum Gasteiger partial charge on any atom is 0.288 e. The third-order valence-electron chi connectivity index (χ3n) is 3.28. The number of aliphatic hydroxyl groups is 1. The smallest absolute Gasteiger partial charge is 0.288 e. The Labute approximate surface area is 97.9 Å². The fourth-order valence-electron chi connectivity index (χ4n) is 2.14. The van der Waals surface area contributed by atoms with Gasteiger partial charge in [-0.1, -0.05) is 30.3 Å². The SMILES string of the molecule is OCC1(c2cccc(SC(F)F)c2)CCC1. The second-order valence-electron chi connectivity index (χ2n) is 4.20. The molecule has 0 atom stereocenters. The van der Waals surface area contributed by atoms with Gasteiger partial charge in [-0.15, -0.1) is 0 Å². The largest absolute Gasteiger partial charge is 0.395 e. The lowest BCUT2D eigenvalue weighted by Crippen LogP contribution is -2.37. The number of benzene rings is 1. The summed E-state index contributed by atoms with van der Waals surface area (Å²) in [6.07, 6.45) is 3.01. The monoisotopic (exact) mass is 244 g/mol. The Hall–Kier alpha value is -0.610. The second kappa shape index (κ2) is 4.72. The molecule has 0 aromatic heterocycles. The Kier molecular flexibility index (Phi) is 3.50. The van der Waals surface area contributed by atoms with E-state index in [0.717, 1.165) is 24.8 Å². The van der Waals surface area contributed by atoms with Crippen molar-refractivity contribution in [1.29, 1.82) is 0 Å². The summed E-state index contributed by atoms with van der Waals surface area (Å²) in [6, 6.07) is 7.18. The first-order chi connectivity index (χ1) is 7.66. The highest BCUT2D eigenvalue weighted by molar-refractivity contribution is 7.99. The molecule has 0 unspecified atom stereocenters. The predicted octanol–water partition coefficient (Wildman–Crippen LogP) is 3.42.